The topological polar surface area (TPSA) is 192 Å². The number of epoxide rings is 1. The van der Waals surface area contributed by atoms with Crippen molar-refractivity contribution >= 4 is 46.9 Å². The van der Waals surface area contributed by atoms with Crippen LogP contribution in [0.2, 0.25) is 5.02 Å². The van der Waals surface area contributed by atoms with Gasteiger partial charge in [-0.25, -0.2) is 9.59 Å². The number of hydrogen-bond acceptors (Lipinski definition) is 12. The number of anilines is 2. The van der Waals surface area contributed by atoms with Crippen LogP contribution in [0.25, 0.3) is 0 Å². The van der Waals surface area contributed by atoms with E-state index >= 15 is 0 Å². The lowest BCUT2D eigenvalue weighted by atomic mass is 9.83. The van der Waals surface area contributed by atoms with Gasteiger partial charge < -0.3 is 49.1 Å². The molecule has 2 aromatic rings. The van der Waals surface area contributed by atoms with Crippen molar-refractivity contribution in [2.45, 2.75) is 88.7 Å². The van der Waals surface area contributed by atoms with Crippen LogP contribution in [-0.2, 0) is 35.0 Å². The Balaban J connectivity index is 1.52. The normalized spacial score (nSPS) is 30.0. The highest BCUT2D eigenvalue weighted by Gasteiger charge is 2.64. The van der Waals surface area contributed by atoms with Crippen LogP contribution in [0.4, 0.5) is 16.2 Å². The zero-order chi connectivity index (χ0) is 41.3. The van der Waals surface area contributed by atoms with Crippen LogP contribution >= 0.6 is 11.6 Å². The summed E-state index contributed by atoms with van der Waals surface area (Å²) in [7, 11) is 7.38. The lowest BCUT2D eigenvalue weighted by molar-refractivity contribution is -0.158. The molecule has 5 rings (SSSR count). The maximum atomic E-state index is 14.2. The average molecular weight is 799 g/mol. The minimum atomic E-state index is -1.85. The summed E-state index contributed by atoms with van der Waals surface area (Å²) in [5.41, 5.74) is 5.41. The third kappa shape index (κ3) is 8.60. The lowest BCUT2D eigenvalue weighted by Gasteiger charge is -2.42. The number of fused-ring (bicyclic) bond motifs is 5. The van der Waals surface area contributed by atoms with Crippen LogP contribution in [0.5, 0.6) is 11.5 Å². The van der Waals surface area contributed by atoms with Gasteiger partial charge in [0.05, 0.1) is 38.0 Å². The molecule has 0 spiro atoms. The van der Waals surface area contributed by atoms with Gasteiger partial charge in [-0.3, -0.25) is 14.9 Å². The van der Waals surface area contributed by atoms with Crippen LogP contribution in [0.3, 0.4) is 0 Å². The van der Waals surface area contributed by atoms with Gasteiger partial charge >= 0.3 is 12.1 Å². The molecule has 3 aliphatic heterocycles. The molecule has 56 heavy (non-hydrogen) atoms. The van der Waals surface area contributed by atoms with Crippen molar-refractivity contribution in [1.29, 1.82) is 0 Å². The summed E-state index contributed by atoms with van der Waals surface area (Å²) in [5, 5.41) is 14.5. The minimum absolute atomic E-state index is 0.0733. The molecular formula is C40H51ClN4O11. The number of nitrogens with two attached hydrogens (primary N) is 1. The molecule has 3 heterocycles. The highest BCUT2D eigenvalue weighted by molar-refractivity contribution is 6.35. The highest BCUT2D eigenvalue weighted by Crippen LogP contribution is 2.49. The van der Waals surface area contributed by atoms with Crippen LogP contribution < -0.4 is 25.4 Å². The number of aliphatic hydroxyl groups is 1. The Bertz CT molecular complexity index is 1920. The van der Waals surface area contributed by atoms with Gasteiger partial charge in [0.25, 0.3) is 5.91 Å². The van der Waals surface area contributed by atoms with E-state index in [0.717, 1.165) is 11.1 Å². The largest absolute Gasteiger partial charge is 0.497 e. The fourth-order valence-electron chi connectivity index (χ4n) is 7.23. The maximum absolute atomic E-state index is 14.2. The summed E-state index contributed by atoms with van der Waals surface area (Å²) < 4.78 is 34.5. The predicted octanol–water partition coefficient (Wildman–Crippen LogP) is 4.42. The number of ether oxygens (including phenoxy) is 6. The maximum Gasteiger partial charge on any atom is 0.409 e. The zero-order valence-corrected chi connectivity index (χ0v) is 33.8. The monoisotopic (exact) mass is 798 g/mol. The molecule has 4 N–H and O–H groups in total. The summed E-state index contributed by atoms with van der Waals surface area (Å²) >= 11 is 6.77. The molecule has 2 fully saturated rings. The van der Waals surface area contributed by atoms with Crippen LogP contribution in [0, 0.1) is 5.92 Å². The number of likely N-dealkylation sites (N-methyl/N-ethyl adjacent to an activating group) is 1. The van der Waals surface area contributed by atoms with Crippen molar-refractivity contribution in [2.75, 3.05) is 46.1 Å². The van der Waals surface area contributed by atoms with Gasteiger partial charge in [-0.15, -0.1) is 0 Å². The zero-order valence-electron chi connectivity index (χ0n) is 33.1. The number of esters is 1. The Hall–Kier alpha value is -4.83. The highest BCUT2D eigenvalue weighted by atomic mass is 35.5. The molecule has 2 aromatic carbocycles. The van der Waals surface area contributed by atoms with E-state index in [-0.39, 0.29) is 29.1 Å². The van der Waals surface area contributed by atoms with E-state index in [1.54, 1.807) is 51.2 Å². The fourth-order valence-corrected chi connectivity index (χ4v) is 7.54. The number of nitrogens with one attached hydrogen (secondary N) is 1. The third-order valence-electron chi connectivity index (χ3n) is 10.9. The summed E-state index contributed by atoms with van der Waals surface area (Å²) in [6, 6.07) is 7.03. The number of methoxy groups -OCH3 is 3. The van der Waals surface area contributed by atoms with E-state index in [0.29, 0.717) is 23.6 Å². The van der Waals surface area contributed by atoms with Gasteiger partial charge in [0, 0.05) is 45.3 Å². The van der Waals surface area contributed by atoms with E-state index in [1.807, 2.05) is 13.0 Å². The number of hydrogen-bond donors (Lipinski definition) is 3. The molecule has 15 nitrogen and oxygen atoms in total. The SMILES string of the molecule is COc1ccc(C(=O)N(C)C(C)C(=O)O[C@H]2CC(=O)N(C)c3cc(cc(OC)c3Cl)C/C(C)=C/C=C/[C@@H](OC)[C@@]3(O)C[C@H](OC(=O)N3)[C@@H](C)[C@@H]3O[C@@]23C)c(N)c1. The first-order valence-electron chi connectivity index (χ1n) is 18.2. The molecule has 0 saturated carbocycles. The third-order valence-corrected chi connectivity index (χ3v) is 11.3. The Morgan fingerprint density at radius 1 is 1.16 bits per heavy atom. The second-order valence-corrected chi connectivity index (χ2v) is 15.1. The van der Waals surface area contributed by atoms with E-state index in [1.165, 1.54) is 57.2 Å². The van der Waals surface area contributed by atoms with Gasteiger partial charge in [-0.2, -0.15) is 0 Å². The number of halogens is 1. The van der Waals surface area contributed by atoms with Gasteiger partial charge in [-0.1, -0.05) is 42.3 Å². The molecule has 16 heteroatoms. The summed E-state index contributed by atoms with van der Waals surface area (Å²) in [5.74, 6) is -1.56. The molecule has 0 aromatic heterocycles. The standard InChI is InChI=1S/C40H51ClN4O11/c1-21-11-10-12-31(53-9)40(50)20-30(54-38(49)43-40)22(2)35-39(4,56-35)32(19-33(46)45(6)28-16-24(15-21)17-29(52-8)34(28)41)55-37(48)23(3)44(5)36(47)26-14-13-25(51-7)18-27(26)42/h10-14,16-18,22-23,30-32,35,50H,15,19-20,42H2,1-9H3,(H,43,49)/b12-10+,21-11+/t22-,23?,30+,31-,32+,35+,39+,40+/m1/s1. The van der Waals surface area contributed by atoms with Gasteiger partial charge in [0.2, 0.25) is 5.91 Å². The van der Waals surface area contributed by atoms with Crippen LogP contribution in [0.1, 0.15) is 56.5 Å². The number of benzene rings is 2. The van der Waals surface area contributed by atoms with Crippen molar-refractivity contribution in [2.24, 2.45) is 5.92 Å². The number of nitrogen functional groups attached to an aromatic ring is 1. The molecule has 1 unspecified atom stereocenters. The van der Waals surface area contributed by atoms with E-state index in [2.05, 4.69) is 5.32 Å². The quantitative estimate of drug-likeness (QED) is 0.203. The van der Waals surface area contributed by atoms with Crippen molar-refractivity contribution in [1.82, 2.24) is 10.2 Å². The Labute approximate surface area is 331 Å². The van der Waals surface area contributed by atoms with E-state index in [4.69, 9.17) is 45.8 Å². The number of carbonyl (C=O) groups is 4. The van der Waals surface area contributed by atoms with E-state index in [9.17, 15) is 24.3 Å². The molecule has 304 valence electrons. The van der Waals surface area contributed by atoms with E-state index < -0.39 is 71.6 Å². The van der Waals surface area contributed by atoms with Crippen molar-refractivity contribution in [3.63, 3.8) is 0 Å². The number of alkyl carbamates (subject to hydrolysis) is 1. The predicted molar refractivity (Wildman–Crippen MR) is 208 cm³/mol. The van der Waals surface area contributed by atoms with Crippen LogP contribution in [0.15, 0.2) is 54.1 Å². The molecule has 2 saturated heterocycles. The molecule has 4 bridgehead atoms. The average Bonchev–Trinajstić information content (AvgIpc) is 3.86. The Kier molecular flexibility index (Phi) is 12.6. The molecule has 3 amide bonds. The number of nitrogens with zero attached hydrogens (tertiary/aromatic N) is 2. The fraction of sp³-hybridized carbons (Fsp3) is 0.500. The summed E-state index contributed by atoms with van der Waals surface area (Å²) in [6.07, 6.45) is 0.656. The summed E-state index contributed by atoms with van der Waals surface area (Å²) in [6.45, 7) is 6.89. The van der Waals surface area contributed by atoms with Gasteiger partial charge in [-0.05, 0) is 57.0 Å². The van der Waals surface area contributed by atoms with Gasteiger partial charge in [0.15, 0.2) is 5.72 Å². The molecule has 0 radical (unpaired) electrons. The molecule has 3 aliphatic rings. The Morgan fingerprint density at radius 3 is 2.52 bits per heavy atom. The van der Waals surface area contributed by atoms with Gasteiger partial charge in [0.1, 0.15) is 46.5 Å². The number of rotatable bonds is 7. The number of allylic oxidation sites excluding steroid dienone is 3. The Morgan fingerprint density at radius 2 is 1.88 bits per heavy atom. The number of amides is 3. The van der Waals surface area contributed by atoms with Crippen molar-refractivity contribution in [3.05, 3.63) is 70.3 Å². The summed E-state index contributed by atoms with van der Waals surface area (Å²) in [4.78, 5) is 57.1. The first-order chi connectivity index (χ1) is 26.4. The second kappa shape index (κ2) is 16.7. The first-order valence-corrected chi connectivity index (χ1v) is 18.5. The minimum Gasteiger partial charge on any atom is -0.497 e. The van der Waals surface area contributed by atoms with Crippen LogP contribution in [-0.4, -0.2) is 111 Å². The smallest absolute Gasteiger partial charge is 0.409 e. The second-order valence-electron chi connectivity index (χ2n) is 14.8. The number of carbonyl (C=O) groups excluding carboxylic acids is 4. The molecular weight excluding hydrogens is 748 g/mol. The molecule has 8 atom stereocenters. The molecule has 0 aliphatic carbocycles. The first kappa shape index (κ1) is 42.3. The van der Waals surface area contributed by atoms with Crippen molar-refractivity contribution in [3.8, 4) is 11.5 Å². The lowest BCUT2D eigenvalue weighted by Crippen LogP contribution is -2.63. The van der Waals surface area contributed by atoms with Crippen molar-refractivity contribution < 1.29 is 52.7 Å².